The van der Waals surface area contributed by atoms with Crippen molar-refractivity contribution in [1.82, 2.24) is 19.7 Å². The first kappa shape index (κ1) is 18.6. The summed E-state index contributed by atoms with van der Waals surface area (Å²) in [6.45, 7) is 4.69. The molecule has 3 aromatic rings. The van der Waals surface area contributed by atoms with E-state index in [2.05, 4.69) is 15.1 Å². The molecule has 8 heteroatoms. The molecular weight excluding hydrogens is 380 g/mol. The minimum Gasteiger partial charge on any atom is -0.347 e. The van der Waals surface area contributed by atoms with E-state index in [0.29, 0.717) is 13.1 Å². The van der Waals surface area contributed by atoms with Gasteiger partial charge in [-0.3, -0.25) is 14.3 Å². The quantitative estimate of drug-likeness (QED) is 0.724. The van der Waals surface area contributed by atoms with Gasteiger partial charge in [-0.15, -0.1) is 0 Å². The third-order valence-corrected chi connectivity index (χ3v) is 5.80. The number of benzene rings is 1. The number of rotatable bonds is 4. The molecule has 0 radical (unpaired) electrons. The second-order valence-electron chi connectivity index (χ2n) is 8.17. The number of amides is 2. The number of aromatic nitrogens is 4. The summed E-state index contributed by atoms with van der Waals surface area (Å²) >= 11 is 0. The van der Waals surface area contributed by atoms with Gasteiger partial charge in [0.25, 0.3) is 0 Å². The average Bonchev–Trinajstić information content (AvgIpc) is 3.25. The van der Waals surface area contributed by atoms with Crippen LogP contribution < -0.4 is 9.80 Å². The molecule has 1 unspecified atom stereocenters. The van der Waals surface area contributed by atoms with Gasteiger partial charge in [0.05, 0.1) is 42.2 Å². The first-order valence-electron chi connectivity index (χ1n) is 10.3. The normalized spacial score (nSPS) is 18.4. The predicted molar refractivity (Wildman–Crippen MR) is 113 cm³/mol. The van der Waals surface area contributed by atoms with Crippen molar-refractivity contribution in [1.29, 1.82) is 0 Å². The average molecular weight is 404 g/mol. The van der Waals surface area contributed by atoms with Crippen molar-refractivity contribution >= 4 is 23.2 Å². The van der Waals surface area contributed by atoms with Gasteiger partial charge in [0.15, 0.2) is 0 Å². The Labute approximate surface area is 174 Å². The van der Waals surface area contributed by atoms with Crippen LogP contribution in [0, 0.1) is 5.92 Å². The van der Waals surface area contributed by atoms with E-state index in [1.165, 1.54) is 0 Å². The van der Waals surface area contributed by atoms with Crippen LogP contribution >= 0.6 is 0 Å². The highest BCUT2D eigenvalue weighted by atomic mass is 16.2. The molecule has 0 saturated heterocycles. The maximum Gasteiger partial charge on any atom is 0.230 e. The zero-order valence-corrected chi connectivity index (χ0v) is 17.1. The van der Waals surface area contributed by atoms with Crippen LogP contribution in [-0.4, -0.2) is 44.1 Å². The molecule has 30 heavy (non-hydrogen) atoms. The van der Waals surface area contributed by atoms with Crippen LogP contribution in [0.1, 0.15) is 32.4 Å². The van der Waals surface area contributed by atoms with Crippen molar-refractivity contribution in [3.63, 3.8) is 0 Å². The number of imidazole rings is 1. The smallest absolute Gasteiger partial charge is 0.230 e. The van der Waals surface area contributed by atoms with Gasteiger partial charge in [-0.25, -0.2) is 4.98 Å². The molecule has 2 aliphatic rings. The summed E-state index contributed by atoms with van der Waals surface area (Å²) in [5, 5.41) is 4.45. The zero-order chi connectivity index (χ0) is 20.8. The molecule has 1 saturated carbocycles. The summed E-state index contributed by atoms with van der Waals surface area (Å²) in [6, 6.07) is 5.89. The molecule has 1 aromatic carbocycles. The molecule has 3 heterocycles. The lowest BCUT2D eigenvalue weighted by atomic mass is 10.0. The highest BCUT2D eigenvalue weighted by Crippen LogP contribution is 2.42. The third kappa shape index (κ3) is 3.28. The van der Waals surface area contributed by atoms with Crippen LogP contribution in [0.4, 0.5) is 11.4 Å². The Hall–Kier alpha value is -3.42. The van der Waals surface area contributed by atoms with Gasteiger partial charge in [-0.2, -0.15) is 5.10 Å². The topological polar surface area (TPSA) is 87.1 Å². The summed E-state index contributed by atoms with van der Waals surface area (Å²) < 4.78 is 1.85. The van der Waals surface area contributed by atoms with E-state index in [4.69, 9.17) is 0 Å². The van der Waals surface area contributed by atoms with Gasteiger partial charge >= 0.3 is 0 Å². The fraction of sp³-hybridized carbons (Fsp3) is 0.364. The molecule has 5 rings (SSSR count). The Morgan fingerprint density at radius 2 is 2.00 bits per heavy atom. The summed E-state index contributed by atoms with van der Waals surface area (Å²) in [4.78, 5) is 36.0. The first-order valence-corrected chi connectivity index (χ1v) is 10.3. The van der Waals surface area contributed by atoms with Crippen molar-refractivity contribution in [2.75, 3.05) is 16.3 Å². The van der Waals surface area contributed by atoms with Crippen molar-refractivity contribution in [2.24, 2.45) is 5.92 Å². The van der Waals surface area contributed by atoms with Crippen LogP contribution in [0.2, 0.25) is 0 Å². The lowest BCUT2D eigenvalue weighted by Crippen LogP contribution is -2.51. The zero-order valence-electron chi connectivity index (χ0n) is 17.1. The number of fused-ring (bicyclic) bond motifs is 1. The van der Waals surface area contributed by atoms with Gasteiger partial charge in [0.2, 0.25) is 11.8 Å². The maximum absolute atomic E-state index is 13.0. The van der Waals surface area contributed by atoms with E-state index in [0.717, 1.165) is 41.0 Å². The number of aromatic amines is 1. The highest BCUT2D eigenvalue weighted by Gasteiger charge is 2.39. The van der Waals surface area contributed by atoms with Crippen LogP contribution in [0.5, 0.6) is 0 Å². The Kier molecular flexibility index (Phi) is 4.42. The minimum absolute atomic E-state index is 0.0117. The Balaban J connectivity index is 1.51. The van der Waals surface area contributed by atoms with Crippen molar-refractivity contribution < 1.29 is 9.59 Å². The van der Waals surface area contributed by atoms with Gasteiger partial charge in [-0.1, -0.05) is 6.07 Å². The Morgan fingerprint density at radius 1 is 1.17 bits per heavy atom. The summed E-state index contributed by atoms with van der Waals surface area (Å²) in [5.74, 6) is 0.274. The number of anilines is 2. The van der Waals surface area contributed by atoms with E-state index in [9.17, 15) is 9.59 Å². The molecule has 8 nitrogen and oxygen atoms in total. The van der Waals surface area contributed by atoms with E-state index in [-0.39, 0.29) is 23.8 Å². The molecule has 2 aromatic heterocycles. The standard InChI is InChI=1S/C22H24N6O2/c1-14-10-27(22(30)16-3-4-16)21-7-17(5-6-20(21)28(14)15(2)29)18-8-25-26(11-18)12-19-9-23-13-24-19/h5-9,11,13-14,16H,3-4,10,12H2,1-2H3,(H,23,24). The molecular formula is C22H24N6O2. The molecule has 1 aliphatic heterocycles. The maximum atomic E-state index is 13.0. The van der Waals surface area contributed by atoms with Gasteiger partial charge in [-0.05, 0) is 37.5 Å². The number of carbonyl (C=O) groups excluding carboxylic acids is 2. The number of hydrogen-bond acceptors (Lipinski definition) is 4. The summed E-state index contributed by atoms with van der Waals surface area (Å²) in [5.41, 5.74) is 4.51. The van der Waals surface area contributed by atoms with Gasteiger partial charge in [0, 0.05) is 37.3 Å². The fourth-order valence-electron chi connectivity index (χ4n) is 4.19. The third-order valence-electron chi connectivity index (χ3n) is 5.80. The number of hydrogen-bond donors (Lipinski definition) is 1. The summed E-state index contributed by atoms with van der Waals surface area (Å²) in [7, 11) is 0. The molecule has 1 aliphatic carbocycles. The Bertz CT molecular complexity index is 1100. The number of nitrogens with one attached hydrogen (secondary N) is 1. The second kappa shape index (κ2) is 7.12. The molecule has 2 amide bonds. The Morgan fingerprint density at radius 3 is 2.70 bits per heavy atom. The largest absolute Gasteiger partial charge is 0.347 e. The van der Waals surface area contributed by atoms with E-state index in [1.807, 2.05) is 47.1 Å². The molecule has 1 N–H and O–H groups in total. The van der Waals surface area contributed by atoms with E-state index < -0.39 is 0 Å². The van der Waals surface area contributed by atoms with Crippen LogP contribution in [0.25, 0.3) is 11.1 Å². The van der Waals surface area contributed by atoms with Crippen molar-refractivity contribution in [3.05, 3.63) is 48.8 Å². The van der Waals surface area contributed by atoms with Gasteiger partial charge in [0.1, 0.15) is 0 Å². The first-order chi connectivity index (χ1) is 14.5. The SMILES string of the molecule is CC(=O)N1c2ccc(-c3cnn(Cc4cnc[nH]4)c3)cc2N(C(=O)C2CC2)CC1C. The second-order valence-corrected chi connectivity index (χ2v) is 8.17. The van der Waals surface area contributed by atoms with Crippen molar-refractivity contribution in [3.8, 4) is 11.1 Å². The minimum atomic E-state index is -0.0549. The molecule has 0 spiro atoms. The number of nitrogens with zero attached hydrogens (tertiary/aromatic N) is 5. The van der Waals surface area contributed by atoms with Crippen LogP contribution in [-0.2, 0) is 16.1 Å². The number of H-pyrrole nitrogens is 1. The number of carbonyl (C=O) groups is 2. The lowest BCUT2D eigenvalue weighted by Gasteiger charge is -2.41. The fourth-order valence-corrected chi connectivity index (χ4v) is 4.19. The predicted octanol–water partition coefficient (Wildman–Crippen LogP) is 2.82. The van der Waals surface area contributed by atoms with Crippen molar-refractivity contribution in [2.45, 2.75) is 39.3 Å². The molecule has 0 bridgehead atoms. The summed E-state index contributed by atoms with van der Waals surface area (Å²) in [6.07, 6.45) is 9.13. The molecule has 1 atom stereocenters. The molecule has 1 fully saturated rings. The highest BCUT2D eigenvalue weighted by molar-refractivity contribution is 6.06. The van der Waals surface area contributed by atoms with E-state index in [1.54, 1.807) is 24.3 Å². The monoisotopic (exact) mass is 404 g/mol. The lowest BCUT2D eigenvalue weighted by molar-refractivity contribution is -0.120. The van der Waals surface area contributed by atoms with Crippen LogP contribution in [0.15, 0.2) is 43.1 Å². The van der Waals surface area contributed by atoms with Crippen LogP contribution in [0.3, 0.4) is 0 Å². The van der Waals surface area contributed by atoms with Gasteiger partial charge < -0.3 is 14.8 Å². The molecule has 154 valence electrons. The van der Waals surface area contributed by atoms with E-state index >= 15 is 0 Å².